The van der Waals surface area contributed by atoms with Crippen molar-refractivity contribution in [2.75, 3.05) is 45.9 Å². The highest BCUT2D eigenvalue weighted by Crippen LogP contribution is 2.26. The number of morpholine rings is 1. The molecule has 1 aliphatic heterocycles. The van der Waals surface area contributed by atoms with Gasteiger partial charge >= 0.3 is 0 Å². The number of furan rings is 1. The zero-order valence-electron chi connectivity index (χ0n) is 15.7. The van der Waals surface area contributed by atoms with E-state index in [-0.39, 0.29) is 24.0 Å². The Morgan fingerprint density at radius 3 is 2.78 bits per heavy atom. The first-order valence-corrected chi connectivity index (χ1v) is 10.1. The molecule has 0 amide bonds. The van der Waals surface area contributed by atoms with Gasteiger partial charge in [0.25, 0.3) is 0 Å². The molecule has 1 unspecified atom stereocenters. The summed E-state index contributed by atoms with van der Waals surface area (Å²) in [5, 5.41) is 8.87. The zero-order chi connectivity index (χ0) is 18.0. The molecule has 2 aromatic rings. The van der Waals surface area contributed by atoms with E-state index in [0.717, 1.165) is 64.1 Å². The minimum absolute atomic E-state index is 0. The molecule has 1 saturated heterocycles. The van der Waals surface area contributed by atoms with Gasteiger partial charge in [0, 0.05) is 37.5 Å². The molecule has 27 heavy (non-hydrogen) atoms. The maximum atomic E-state index is 5.51. The first kappa shape index (κ1) is 22.2. The summed E-state index contributed by atoms with van der Waals surface area (Å²) >= 11 is 1.80. The van der Waals surface area contributed by atoms with E-state index in [2.05, 4.69) is 40.0 Å². The van der Waals surface area contributed by atoms with Crippen molar-refractivity contribution in [1.29, 1.82) is 0 Å². The van der Waals surface area contributed by atoms with E-state index < -0.39 is 0 Å². The summed E-state index contributed by atoms with van der Waals surface area (Å²) in [6.45, 7) is 7.97. The van der Waals surface area contributed by atoms with Crippen LogP contribution in [0.1, 0.15) is 23.6 Å². The third-order valence-electron chi connectivity index (χ3n) is 4.37. The highest BCUT2D eigenvalue weighted by atomic mass is 127. The smallest absolute Gasteiger partial charge is 0.191 e. The SMILES string of the molecule is CCNC(=NCC(c1cccs1)N1CCOCC1)NCCc1ccco1.I. The molecule has 0 spiro atoms. The number of rotatable bonds is 8. The number of hydrogen-bond acceptors (Lipinski definition) is 5. The summed E-state index contributed by atoms with van der Waals surface area (Å²) in [4.78, 5) is 8.69. The Kier molecular flexibility index (Phi) is 10.2. The molecule has 2 N–H and O–H groups in total. The first-order chi connectivity index (χ1) is 12.9. The minimum Gasteiger partial charge on any atom is -0.469 e. The number of ether oxygens (including phenoxy) is 1. The second kappa shape index (κ2) is 12.4. The predicted molar refractivity (Wildman–Crippen MR) is 121 cm³/mol. The van der Waals surface area contributed by atoms with Crippen LogP contribution in [0.25, 0.3) is 0 Å². The molecule has 3 rings (SSSR count). The highest BCUT2D eigenvalue weighted by molar-refractivity contribution is 14.0. The van der Waals surface area contributed by atoms with Crippen LogP contribution in [-0.4, -0.2) is 56.8 Å². The molecule has 150 valence electrons. The van der Waals surface area contributed by atoms with E-state index in [1.54, 1.807) is 17.6 Å². The molecule has 2 aromatic heterocycles. The van der Waals surface area contributed by atoms with Gasteiger partial charge in [-0.1, -0.05) is 6.07 Å². The van der Waals surface area contributed by atoms with Crippen molar-refractivity contribution in [2.45, 2.75) is 19.4 Å². The van der Waals surface area contributed by atoms with Crippen LogP contribution in [-0.2, 0) is 11.2 Å². The summed E-state index contributed by atoms with van der Waals surface area (Å²) in [6.07, 6.45) is 2.55. The summed E-state index contributed by atoms with van der Waals surface area (Å²) in [5.74, 6) is 1.84. The summed E-state index contributed by atoms with van der Waals surface area (Å²) < 4.78 is 10.9. The monoisotopic (exact) mass is 504 g/mol. The number of aliphatic imine (C=N–C) groups is 1. The maximum Gasteiger partial charge on any atom is 0.191 e. The van der Waals surface area contributed by atoms with E-state index in [9.17, 15) is 0 Å². The van der Waals surface area contributed by atoms with Crippen LogP contribution >= 0.6 is 35.3 Å². The average Bonchev–Trinajstić information content (AvgIpc) is 3.37. The zero-order valence-corrected chi connectivity index (χ0v) is 18.9. The maximum absolute atomic E-state index is 5.51. The standard InChI is InChI=1S/C19H28N4O2S.HI/c1-2-20-19(21-8-7-16-5-3-11-25-16)22-15-17(18-6-4-14-26-18)23-9-12-24-13-10-23;/h3-6,11,14,17H,2,7-10,12-13,15H2,1H3,(H2,20,21,22);1H. The number of nitrogens with zero attached hydrogens (tertiary/aromatic N) is 2. The average molecular weight is 504 g/mol. The molecule has 3 heterocycles. The van der Waals surface area contributed by atoms with Crippen molar-refractivity contribution in [3.8, 4) is 0 Å². The Morgan fingerprint density at radius 2 is 2.11 bits per heavy atom. The Labute approximate surface area is 182 Å². The Bertz CT molecular complexity index is 643. The summed E-state index contributed by atoms with van der Waals surface area (Å²) in [5.41, 5.74) is 0. The number of halogens is 1. The largest absolute Gasteiger partial charge is 0.469 e. The molecule has 0 radical (unpaired) electrons. The number of guanidine groups is 1. The van der Waals surface area contributed by atoms with Gasteiger partial charge in [-0.15, -0.1) is 35.3 Å². The second-order valence-corrected chi connectivity index (χ2v) is 7.13. The van der Waals surface area contributed by atoms with Crippen molar-refractivity contribution < 1.29 is 9.15 Å². The van der Waals surface area contributed by atoms with Gasteiger partial charge in [0.1, 0.15) is 5.76 Å². The lowest BCUT2D eigenvalue weighted by molar-refractivity contribution is 0.0186. The molecule has 0 saturated carbocycles. The van der Waals surface area contributed by atoms with Crippen molar-refractivity contribution >= 4 is 41.3 Å². The van der Waals surface area contributed by atoms with E-state index in [1.165, 1.54) is 4.88 Å². The predicted octanol–water partition coefficient (Wildman–Crippen LogP) is 3.13. The van der Waals surface area contributed by atoms with Gasteiger partial charge in [-0.3, -0.25) is 9.89 Å². The quantitative estimate of drug-likeness (QED) is 0.329. The van der Waals surface area contributed by atoms with Crippen LogP contribution in [0.2, 0.25) is 0 Å². The molecule has 0 bridgehead atoms. The van der Waals surface area contributed by atoms with E-state index >= 15 is 0 Å². The van der Waals surface area contributed by atoms with Gasteiger partial charge in [-0.05, 0) is 30.5 Å². The van der Waals surface area contributed by atoms with Gasteiger partial charge in [0.15, 0.2) is 5.96 Å². The Hall–Kier alpha value is -1.10. The summed E-state index contributed by atoms with van der Waals surface area (Å²) in [7, 11) is 0. The van der Waals surface area contributed by atoms with Crippen LogP contribution in [0.5, 0.6) is 0 Å². The third kappa shape index (κ3) is 7.10. The number of nitrogens with one attached hydrogen (secondary N) is 2. The number of hydrogen-bond donors (Lipinski definition) is 2. The Balaban J connectivity index is 0.00000261. The lowest BCUT2D eigenvalue weighted by Crippen LogP contribution is -2.42. The highest BCUT2D eigenvalue weighted by Gasteiger charge is 2.23. The van der Waals surface area contributed by atoms with E-state index in [0.29, 0.717) is 6.04 Å². The molecule has 6 nitrogen and oxygen atoms in total. The van der Waals surface area contributed by atoms with Crippen LogP contribution in [0.4, 0.5) is 0 Å². The molecule has 0 aliphatic carbocycles. The van der Waals surface area contributed by atoms with Crippen LogP contribution in [0, 0.1) is 0 Å². The van der Waals surface area contributed by atoms with Gasteiger partial charge < -0.3 is 19.8 Å². The van der Waals surface area contributed by atoms with Crippen molar-refractivity contribution in [3.05, 3.63) is 46.5 Å². The molecule has 8 heteroatoms. The van der Waals surface area contributed by atoms with Gasteiger partial charge in [-0.25, -0.2) is 0 Å². The molecular weight excluding hydrogens is 475 g/mol. The molecule has 1 atom stereocenters. The lowest BCUT2D eigenvalue weighted by Gasteiger charge is -2.33. The fourth-order valence-corrected chi connectivity index (χ4v) is 3.89. The fraction of sp³-hybridized carbons (Fsp3) is 0.526. The van der Waals surface area contributed by atoms with Crippen LogP contribution in [0.15, 0.2) is 45.3 Å². The minimum atomic E-state index is 0. The summed E-state index contributed by atoms with van der Waals surface area (Å²) in [6, 6.07) is 8.54. The molecule has 1 fully saturated rings. The first-order valence-electron chi connectivity index (χ1n) is 9.26. The lowest BCUT2D eigenvalue weighted by atomic mass is 10.2. The fourth-order valence-electron chi connectivity index (χ4n) is 3.03. The Morgan fingerprint density at radius 1 is 1.26 bits per heavy atom. The van der Waals surface area contributed by atoms with E-state index in [1.807, 2.05) is 12.1 Å². The van der Waals surface area contributed by atoms with Gasteiger partial charge in [0.05, 0.1) is 32.1 Å². The van der Waals surface area contributed by atoms with E-state index in [4.69, 9.17) is 14.1 Å². The third-order valence-corrected chi connectivity index (χ3v) is 5.34. The molecular formula is C19H29IN4O2S. The number of thiophene rings is 1. The molecule has 1 aliphatic rings. The van der Waals surface area contributed by atoms with Crippen molar-refractivity contribution in [2.24, 2.45) is 4.99 Å². The van der Waals surface area contributed by atoms with Crippen LogP contribution in [0.3, 0.4) is 0 Å². The van der Waals surface area contributed by atoms with Gasteiger partial charge in [-0.2, -0.15) is 0 Å². The molecule has 0 aromatic carbocycles. The van der Waals surface area contributed by atoms with Crippen molar-refractivity contribution in [3.63, 3.8) is 0 Å². The van der Waals surface area contributed by atoms with Crippen LogP contribution < -0.4 is 10.6 Å². The van der Waals surface area contributed by atoms with Gasteiger partial charge in [0.2, 0.25) is 0 Å². The topological polar surface area (TPSA) is 62.0 Å². The second-order valence-electron chi connectivity index (χ2n) is 6.16. The van der Waals surface area contributed by atoms with Crippen molar-refractivity contribution in [1.82, 2.24) is 15.5 Å². The normalized spacial score (nSPS) is 16.6.